The van der Waals surface area contributed by atoms with Crippen LogP contribution >= 0.6 is 11.6 Å². The van der Waals surface area contributed by atoms with Crippen LogP contribution in [0, 0.1) is 5.92 Å². The third kappa shape index (κ3) is 5.07. The number of aromatic nitrogens is 1. The molecule has 142 valence electrons. The summed E-state index contributed by atoms with van der Waals surface area (Å²) in [5.74, 6) is 0.107. The number of carbonyl (C=O) groups excluding carboxylic acids is 2. The first-order valence-corrected chi connectivity index (χ1v) is 9.55. The Morgan fingerprint density at radius 1 is 1.26 bits per heavy atom. The van der Waals surface area contributed by atoms with E-state index in [1.54, 1.807) is 12.1 Å². The molecule has 1 fully saturated rings. The van der Waals surface area contributed by atoms with E-state index in [1.165, 1.54) is 26.1 Å². The summed E-state index contributed by atoms with van der Waals surface area (Å²) in [5.41, 5.74) is 1.26. The lowest BCUT2D eigenvalue weighted by atomic mass is 9.87. The van der Waals surface area contributed by atoms with E-state index in [0.29, 0.717) is 22.3 Å². The molecule has 27 heavy (non-hydrogen) atoms. The highest BCUT2D eigenvalue weighted by Gasteiger charge is 2.27. The first-order valence-electron chi connectivity index (χ1n) is 9.17. The van der Waals surface area contributed by atoms with E-state index >= 15 is 0 Å². The molecule has 1 N–H and O–H groups in total. The number of pyridine rings is 1. The van der Waals surface area contributed by atoms with Crippen LogP contribution < -0.4 is 5.32 Å². The number of nitrogens with one attached hydrogen (secondary N) is 1. The van der Waals surface area contributed by atoms with Gasteiger partial charge in [0.1, 0.15) is 5.82 Å². The van der Waals surface area contributed by atoms with Gasteiger partial charge in [0.05, 0.1) is 18.6 Å². The highest BCUT2D eigenvalue weighted by molar-refractivity contribution is 6.30. The zero-order valence-corrected chi connectivity index (χ0v) is 16.0. The minimum atomic E-state index is -0.460. The number of anilines is 1. The minimum absolute atomic E-state index is 0.109. The Bertz CT molecular complexity index is 801. The van der Waals surface area contributed by atoms with Crippen molar-refractivity contribution in [1.82, 2.24) is 4.98 Å². The van der Waals surface area contributed by atoms with Gasteiger partial charge in [-0.15, -0.1) is 0 Å². The fourth-order valence-electron chi connectivity index (χ4n) is 3.62. The normalized spacial score (nSPS) is 15.3. The number of methoxy groups -OCH3 is 1. The van der Waals surface area contributed by atoms with Crippen LogP contribution in [0.15, 0.2) is 42.6 Å². The molecule has 1 aromatic heterocycles. The maximum absolute atomic E-state index is 13.0. The van der Waals surface area contributed by atoms with Crippen LogP contribution in [0.1, 0.15) is 53.9 Å². The number of amides is 1. The van der Waals surface area contributed by atoms with E-state index in [1.807, 2.05) is 24.3 Å². The van der Waals surface area contributed by atoms with E-state index in [-0.39, 0.29) is 11.8 Å². The summed E-state index contributed by atoms with van der Waals surface area (Å²) in [6, 6.07) is 10.7. The number of esters is 1. The molecule has 5 nitrogen and oxygen atoms in total. The molecule has 6 heteroatoms. The molecule has 1 unspecified atom stereocenters. The number of nitrogens with zero attached hydrogens (tertiary/aromatic N) is 1. The van der Waals surface area contributed by atoms with Crippen LogP contribution in [0.4, 0.5) is 5.82 Å². The maximum Gasteiger partial charge on any atom is 0.339 e. The van der Waals surface area contributed by atoms with E-state index < -0.39 is 5.97 Å². The fraction of sp³-hybridized carbons (Fsp3) is 0.381. The van der Waals surface area contributed by atoms with Crippen LogP contribution in [0.2, 0.25) is 5.02 Å². The summed E-state index contributed by atoms with van der Waals surface area (Å²) < 4.78 is 4.66. The van der Waals surface area contributed by atoms with Crippen LogP contribution in [0.3, 0.4) is 0 Å². The summed E-state index contributed by atoms with van der Waals surface area (Å²) in [6.45, 7) is 0. The predicted octanol–water partition coefficient (Wildman–Crippen LogP) is 4.82. The number of carbonyl (C=O) groups is 2. The molecule has 1 heterocycles. The molecule has 0 saturated heterocycles. The second kappa shape index (κ2) is 9.00. The zero-order valence-electron chi connectivity index (χ0n) is 15.3. The second-order valence-corrected chi connectivity index (χ2v) is 7.34. The largest absolute Gasteiger partial charge is 0.465 e. The molecule has 1 atom stereocenters. The molecule has 0 spiro atoms. The van der Waals surface area contributed by atoms with Gasteiger partial charge in [0.15, 0.2) is 0 Å². The predicted molar refractivity (Wildman–Crippen MR) is 105 cm³/mol. The molecule has 1 aliphatic carbocycles. The Labute approximate surface area is 164 Å². The molecule has 2 aromatic rings. The minimum Gasteiger partial charge on any atom is -0.465 e. The van der Waals surface area contributed by atoms with Crippen molar-refractivity contribution in [2.24, 2.45) is 5.92 Å². The molecule has 0 bridgehead atoms. The van der Waals surface area contributed by atoms with Crippen LogP contribution in [-0.2, 0) is 9.53 Å². The van der Waals surface area contributed by atoms with Gasteiger partial charge in [-0.05, 0) is 42.2 Å². The molecule has 1 amide bonds. The molecule has 0 aliphatic heterocycles. The van der Waals surface area contributed by atoms with Crippen molar-refractivity contribution in [1.29, 1.82) is 0 Å². The van der Waals surface area contributed by atoms with Gasteiger partial charge in [0.25, 0.3) is 0 Å². The molecule has 1 aromatic carbocycles. The lowest BCUT2D eigenvalue weighted by molar-refractivity contribution is -0.118. The fourth-order valence-corrected chi connectivity index (χ4v) is 3.82. The average molecular weight is 387 g/mol. The van der Waals surface area contributed by atoms with Gasteiger partial charge >= 0.3 is 5.97 Å². The number of rotatable bonds is 6. The lowest BCUT2D eigenvalue weighted by Crippen LogP contribution is -2.23. The first kappa shape index (κ1) is 19.4. The average Bonchev–Trinajstić information content (AvgIpc) is 3.19. The van der Waals surface area contributed by atoms with Gasteiger partial charge in [-0.1, -0.05) is 49.4 Å². The van der Waals surface area contributed by atoms with Crippen molar-refractivity contribution < 1.29 is 14.3 Å². The number of benzene rings is 1. The number of ether oxygens (including phenoxy) is 1. The number of hydrogen-bond donors (Lipinski definition) is 1. The summed E-state index contributed by atoms with van der Waals surface area (Å²) >= 11 is 6.14. The molecular formula is C21H23ClN2O3. The Morgan fingerprint density at radius 2 is 2.04 bits per heavy atom. The van der Waals surface area contributed by atoms with Crippen molar-refractivity contribution in [2.45, 2.75) is 38.0 Å². The maximum atomic E-state index is 13.0. The van der Waals surface area contributed by atoms with Crippen molar-refractivity contribution in [3.05, 3.63) is 58.7 Å². The smallest absolute Gasteiger partial charge is 0.339 e. The highest BCUT2D eigenvalue weighted by Crippen LogP contribution is 2.35. The third-order valence-electron chi connectivity index (χ3n) is 5.05. The van der Waals surface area contributed by atoms with Crippen molar-refractivity contribution in [3.63, 3.8) is 0 Å². The van der Waals surface area contributed by atoms with Gasteiger partial charge < -0.3 is 10.1 Å². The Morgan fingerprint density at radius 3 is 2.67 bits per heavy atom. The summed E-state index contributed by atoms with van der Waals surface area (Å²) in [5, 5.41) is 3.50. The molecule has 1 saturated carbocycles. The molecule has 1 aliphatic rings. The van der Waals surface area contributed by atoms with Crippen molar-refractivity contribution in [3.8, 4) is 0 Å². The molecule has 0 radical (unpaired) electrons. The van der Waals surface area contributed by atoms with Crippen LogP contribution in [-0.4, -0.2) is 24.0 Å². The quantitative estimate of drug-likeness (QED) is 0.722. The summed E-state index contributed by atoms with van der Waals surface area (Å²) in [7, 11) is 1.32. The van der Waals surface area contributed by atoms with Crippen LogP contribution in [0.5, 0.6) is 0 Å². The van der Waals surface area contributed by atoms with Gasteiger partial charge in [-0.3, -0.25) is 4.79 Å². The third-order valence-corrected chi connectivity index (χ3v) is 5.28. The summed E-state index contributed by atoms with van der Waals surface area (Å²) in [4.78, 5) is 28.7. The summed E-state index contributed by atoms with van der Waals surface area (Å²) in [6.07, 6.45) is 6.97. The Hall–Kier alpha value is -2.40. The van der Waals surface area contributed by atoms with Crippen molar-refractivity contribution in [2.75, 3.05) is 12.4 Å². The first-order chi connectivity index (χ1) is 13.1. The Balaban J connectivity index is 1.76. The molecular weight excluding hydrogens is 364 g/mol. The van der Waals surface area contributed by atoms with E-state index in [9.17, 15) is 9.59 Å². The number of hydrogen-bond acceptors (Lipinski definition) is 4. The van der Waals surface area contributed by atoms with Crippen LogP contribution in [0.25, 0.3) is 0 Å². The monoisotopic (exact) mass is 386 g/mol. The van der Waals surface area contributed by atoms with Crippen molar-refractivity contribution >= 4 is 29.3 Å². The van der Waals surface area contributed by atoms with Gasteiger partial charge in [-0.25, -0.2) is 9.78 Å². The highest BCUT2D eigenvalue weighted by atomic mass is 35.5. The zero-order chi connectivity index (χ0) is 19.2. The van der Waals surface area contributed by atoms with Gasteiger partial charge in [-0.2, -0.15) is 0 Å². The topological polar surface area (TPSA) is 68.3 Å². The van der Waals surface area contributed by atoms with Gasteiger partial charge in [0, 0.05) is 11.2 Å². The van der Waals surface area contributed by atoms with E-state index in [2.05, 4.69) is 15.0 Å². The standard InChI is InChI=1S/C21H23ClN2O3/c1-27-21(26)16-9-10-19(23-13-16)24-20(25)18(11-14-5-2-3-6-14)15-7-4-8-17(22)12-15/h4,7-10,12-14,18H,2-3,5-6,11H2,1H3,(H,23,24,25). The molecule has 3 rings (SSSR count). The van der Waals surface area contributed by atoms with E-state index in [0.717, 1.165) is 24.8 Å². The SMILES string of the molecule is COC(=O)c1ccc(NC(=O)C(CC2CCCC2)c2cccc(Cl)c2)nc1. The number of halogens is 1. The van der Waals surface area contributed by atoms with Gasteiger partial charge in [0.2, 0.25) is 5.91 Å². The Kier molecular flexibility index (Phi) is 6.45. The second-order valence-electron chi connectivity index (χ2n) is 6.91. The van der Waals surface area contributed by atoms with E-state index in [4.69, 9.17) is 11.6 Å². The lowest BCUT2D eigenvalue weighted by Gasteiger charge is -2.20.